The molecule has 0 bridgehead atoms. The zero-order valence-corrected chi connectivity index (χ0v) is 48.1. The molecule has 0 aromatic heterocycles. The summed E-state index contributed by atoms with van der Waals surface area (Å²) in [5.74, 6) is -1.02. The zero-order chi connectivity index (χ0) is 53.6. The van der Waals surface area contributed by atoms with E-state index in [1.807, 2.05) is 6.08 Å². The van der Waals surface area contributed by atoms with Gasteiger partial charge in [-0.2, -0.15) is 0 Å². The summed E-state index contributed by atoms with van der Waals surface area (Å²) in [6, 6.07) is 0. The Morgan fingerprint density at radius 2 is 0.608 bits per heavy atom. The summed E-state index contributed by atoms with van der Waals surface area (Å²) in [7, 11) is 0. The van der Waals surface area contributed by atoms with Crippen molar-refractivity contribution in [3.63, 3.8) is 0 Å². The Bertz CT molecular complexity index is 1550. The van der Waals surface area contributed by atoms with Crippen molar-refractivity contribution < 1.29 is 28.6 Å². The number of unbranched alkanes of at least 4 members (excludes halogenated alkanes) is 25. The Hall–Kier alpha value is -4.19. The van der Waals surface area contributed by atoms with Crippen LogP contribution in [0.5, 0.6) is 0 Å². The molecule has 0 radical (unpaired) electrons. The van der Waals surface area contributed by atoms with E-state index in [1.54, 1.807) is 0 Å². The molecular formula is C68H112O6. The topological polar surface area (TPSA) is 78.9 Å². The Labute approximate surface area is 456 Å². The van der Waals surface area contributed by atoms with E-state index in [2.05, 4.69) is 136 Å². The molecule has 1 atom stereocenters. The van der Waals surface area contributed by atoms with Crippen molar-refractivity contribution in [2.75, 3.05) is 13.2 Å². The van der Waals surface area contributed by atoms with Gasteiger partial charge in [-0.05, 0) is 109 Å². The van der Waals surface area contributed by atoms with Crippen molar-refractivity contribution in [2.24, 2.45) is 0 Å². The van der Waals surface area contributed by atoms with Crippen LogP contribution in [-0.4, -0.2) is 37.2 Å². The third-order valence-electron chi connectivity index (χ3n) is 12.7. The van der Waals surface area contributed by atoms with E-state index in [0.29, 0.717) is 19.3 Å². The summed E-state index contributed by atoms with van der Waals surface area (Å²) in [6.07, 6.45) is 84.9. The molecule has 0 saturated carbocycles. The first-order valence-electron chi connectivity index (χ1n) is 30.6. The first-order valence-corrected chi connectivity index (χ1v) is 30.6. The first kappa shape index (κ1) is 69.8. The highest BCUT2D eigenvalue weighted by Crippen LogP contribution is 2.14. The van der Waals surface area contributed by atoms with Gasteiger partial charge < -0.3 is 14.2 Å². The van der Waals surface area contributed by atoms with E-state index >= 15 is 0 Å². The smallest absolute Gasteiger partial charge is 0.306 e. The third kappa shape index (κ3) is 58.7. The molecule has 6 nitrogen and oxygen atoms in total. The molecule has 0 heterocycles. The number of carbonyl (C=O) groups excluding carboxylic acids is 3. The van der Waals surface area contributed by atoms with E-state index < -0.39 is 6.10 Å². The SMILES string of the molecule is CC/C=C\C/C=C\C/C=C\C/C=C\C/C=C\C/C=C\CCC(=O)OCC(COC(=O)CCCCCCC\C=C/C=C\C=C/CCCCCCC)OC(=O)CCCCCCCCC/C=C\CCCCCCCCCC. The Kier molecular flexibility index (Phi) is 57.9. The van der Waals surface area contributed by atoms with Crippen LogP contribution in [0.2, 0.25) is 0 Å². The molecule has 420 valence electrons. The molecule has 0 aliphatic carbocycles. The van der Waals surface area contributed by atoms with Gasteiger partial charge in [-0.15, -0.1) is 0 Å². The Balaban J connectivity index is 4.55. The number of carbonyl (C=O) groups is 3. The van der Waals surface area contributed by atoms with Gasteiger partial charge in [0.05, 0.1) is 0 Å². The maximum Gasteiger partial charge on any atom is 0.306 e. The van der Waals surface area contributed by atoms with Crippen LogP contribution in [0.25, 0.3) is 0 Å². The average molecular weight is 1030 g/mol. The summed E-state index contributed by atoms with van der Waals surface area (Å²) < 4.78 is 16.8. The molecule has 0 fully saturated rings. The Morgan fingerprint density at radius 3 is 1.01 bits per heavy atom. The van der Waals surface area contributed by atoms with Crippen molar-refractivity contribution in [1.82, 2.24) is 0 Å². The lowest BCUT2D eigenvalue weighted by molar-refractivity contribution is -0.166. The minimum atomic E-state index is -0.824. The molecule has 6 heteroatoms. The second kappa shape index (κ2) is 61.4. The van der Waals surface area contributed by atoms with Crippen LogP contribution in [-0.2, 0) is 28.6 Å². The number of allylic oxidation sites excluding steroid dienone is 20. The average Bonchev–Trinajstić information content (AvgIpc) is 3.40. The van der Waals surface area contributed by atoms with Gasteiger partial charge in [0, 0.05) is 19.3 Å². The summed E-state index contributed by atoms with van der Waals surface area (Å²) in [5.41, 5.74) is 0. The second-order valence-corrected chi connectivity index (χ2v) is 19.9. The summed E-state index contributed by atoms with van der Waals surface area (Å²) in [6.45, 7) is 6.43. The molecule has 0 spiro atoms. The quantitative estimate of drug-likeness (QED) is 0.0199. The highest BCUT2D eigenvalue weighted by molar-refractivity contribution is 5.71. The van der Waals surface area contributed by atoms with E-state index in [9.17, 15) is 14.4 Å². The molecule has 0 aromatic rings. The van der Waals surface area contributed by atoms with Gasteiger partial charge in [-0.3, -0.25) is 14.4 Å². The second-order valence-electron chi connectivity index (χ2n) is 19.9. The predicted molar refractivity (Wildman–Crippen MR) is 320 cm³/mol. The molecule has 0 aliphatic rings. The number of rotatable bonds is 54. The molecule has 0 saturated heterocycles. The molecule has 0 aliphatic heterocycles. The van der Waals surface area contributed by atoms with Gasteiger partial charge in [-0.1, -0.05) is 264 Å². The minimum Gasteiger partial charge on any atom is -0.462 e. The number of hydrogen-bond donors (Lipinski definition) is 0. The largest absolute Gasteiger partial charge is 0.462 e. The van der Waals surface area contributed by atoms with Crippen LogP contribution in [0.1, 0.15) is 271 Å². The molecule has 74 heavy (non-hydrogen) atoms. The van der Waals surface area contributed by atoms with E-state index in [-0.39, 0.29) is 37.5 Å². The lowest BCUT2D eigenvalue weighted by atomic mass is 10.1. The zero-order valence-electron chi connectivity index (χ0n) is 48.1. The standard InChI is InChI=1S/C68H112O6/c1-4-7-10-13-16-19-22-25-28-31-34-37-40-43-46-49-52-55-58-61-67(70)73-64-65(63-72-66(69)60-57-54-51-48-45-42-39-36-33-30-27-24-21-18-15-12-9-6-3)74-68(71)62-59-56-53-50-47-44-41-38-35-32-29-26-23-20-17-14-11-8-5-2/h7,10,16,19,24-25,27-28,30,32-37,39,43,46,52,55,65H,4-6,8-9,11-15,17-18,20-23,26,29,31,38,40-42,44-45,47-51,53-54,56-64H2,1-3H3/b10-7-,19-16-,27-24-,28-25-,33-30-,35-32-,37-34-,39-36-,46-43-,55-52-. The molecule has 0 rings (SSSR count). The molecule has 1 unspecified atom stereocenters. The molecule has 0 aromatic carbocycles. The van der Waals surface area contributed by atoms with Crippen molar-refractivity contribution in [2.45, 2.75) is 277 Å². The molecule has 0 amide bonds. The monoisotopic (exact) mass is 1020 g/mol. The maximum absolute atomic E-state index is 12.9. The number of esters is 3. The van der Waals surface area contributed by atoms with Crippen LogP contribution in [0, 0.1) is 0 Å². The van der Waals surface area contributed by atoms with Crippen LogP contribution in [0.15, 0.2) is 122 Å². The summed E-state index contributed by atoms with van der Waals surface area (Å²) in [4.78, 5) is 38.2. The number of hydrogen-bond acceptors (Lipinski definition) is 6. The fourth-order valence-corrected chi connectivity index (χ4v) is 8.17. The highest BCUT2D eigenvalue weighted by atomic mass is 16.6. The van der Waals surface area contributed by atoms with Crippen LogP contribution in [0.4, 0.5) is 0 Å². The van der Waals surface area contributed by atoms with Crippen molar-refractivity contribution >= 4 is 17.9 Å². The van der Waals surface area contributed by atoms with Gasteiger partial charge >= 0.3 is 17.9 Å². The summed E-state index contributed by atoms with van der Waals surface area (Å²) in [5, 5.41) is 0. The number of ether oxygens (including phenoxy) is 3. The van der Waals surface area contributed by atoms with Crippen molar-refractivity contribution in [1.29, 1.82) is 0 Å². The van der Waals surface area contributed by atoms with Crippen molar-refractivity contribution in [3.8, 4) is 0 Å². The van der Waals surface area contributed by atoms with E-state index in [4.69, 9.17) is 14.2 Å². The van der Waals surface area contributed by atoms with E-state index in [1.165, 1.54) is 122 Å². The van der Waals surface area contributed by atoms with Gasteiger partial charge in [0.25, 0.3) is 0 Å². The Morgan fingerprint density at radius 1 is 0.297 bits per heavy atom. The van der Waals surface area contributed by atoms with Gasteiger partial charge in [-0.25, -0.2) is 0 Å². The van der Waals surface area contributed by atoms with Gasteiger partial charge in [0.1, 0.15) is 13.2 Å². The predicted octanol–water partition coefficient (Wildman–Crippen LogP) is 20.8. The van der Waals surface area contributed by atoms with Crippen molar-refractivity contribution in [3.05, 3.63) is 122 Å². The lowest BCUT2D eigenvalue weighted by Gasteiger charge is -2.18. The molecular weight excluding hydrogens is 913 g/mol. The van der Waals surface area contributed by atoms with Crippen LogP contribution < -0.4 is 0 Å². The minimum absolute atomic E-state index is 0.116. The van der Waals surface area contributed by atoms with Gasteiger partial charge in [0.2, 0.25) is 0 Å². The highest BCUT2D eigenvalue weighted by Gasteiger charge is 2.19. The van der Waals surface area contributed by atoms with Crippen LogP contribution >= 0.6 is 0 Å². The van der Waals surface area contributed by atoms with Gasteiger partial charge in [0.15, 0.2) is 6.10 Å². The summed E-state index contributed by atoms with van der Waals surface area (Å²) >= 11 is 0. The fourth-order valence-electron chi connectivity index (χ4n) is 8.17. The van der Waals surface area contributed by atoms with E-state index in [0.717, 1.165) is 103 Å². The lowest BCUT2D eigenvalue weighted by Crippen LogP contribution is -2.30. The van der Waals surface area contributed by atoms with Crippen LogP contribution in [0.3, 0.4) is 0 Å². The fraction of sp³-hybridized carbons (Fsp3) is 0.662. The molecule has 0 N–H and O–H groups in total. The maximum atomic E-state index is 12.9. The first-order chi connectivity index (χ1) is 36.5. The third-order valence-corrected chi connectivity index (χ3v) is 12.7. The normalized spacial score (nSPS) is 13.0.